The van der Waals surface area contributed by atoms with Crippen LogP contribution in [0.4, 0.5) is 0 Å². The lowest BCUT2D eigenvalue weighted by Crippen LogP contribution is -2.54. The van der Waals surface area contributed by atoms with Crippen LogP contribution in [0.2, 0.25) is 5.02 Å². The molecule has 0 aromatic heterocycles. The van der Waals surface area contributed by atoms with Gasteiger partial charge in [-0.15, -0.1) is 0 Å². The zero-order valence-electron chi connectivity index (χ0n) is 16.5. The van der Waals surface area contributed by atoms with Gasteiger partial charge in [0.05, 0.1) is 18.1 Å². The number of aliphatic imine (C=N–C) groups is 1. The average Bonchev–Trinajstić information content (AvgIpc) is 3.50. The van der Waals surface area contributed by atoms with E-state index in [-0.39, 0.29) is 5.91 Å². The highest BCUT2D eigenvalue weighted by molar-refractivity contribution is 6.32. The van der Waals surface area contributed by atoms with Gasteiger partial charge in [0.15, 0.2) is 5.96 Å². The summed E-state index contributed by atoms with van der Waals surface area (Å²) in [6.45, 7) is 7.82. The fraction of sp³-hybridized carbons (Fsp3) is 0.600. The first-order valence-electron chi connectivity index (χ1n) is 10.1. The smallest absolute Gasteiger partial charge is 0.234 e. The molecular formula is C20H30ClN5O2. The molecule has 2 aliphatic rings. The van der Waals surface area contributed by atoms with Crippen LogP contribution in [0.3, 0.4) is 0 Å². The summed E-state index contributed by atoms with van der Waals surface area (Å²) in [6.07, 6.45) is 2.25. The Morgan fingerprint density at radius 3 is 2.68 bits per heavy atom. The molecule has 2 fully saturated rings. The second-order valence-corrected chi connectivity index (χ2v) is 7.53. The van der Waals surface area contributed by atoms with E-state index >= 15 is 0 Å². The molecule has 1 aliphatic carbocycles. The molecule has 0 bridgehead atoms. The van der Waals surface area contributed by atoms with Gasteiger partial charge in [0, 0.05) is 38.8 Å². The van der Waals surface area contributed by atoms with Gasteiger partial charge in [0.25, 0.3) is 0 Å². The zero-order chi connectivity index (χ0) is 19.8. The number of amides is 1. The van der Waals surface area contributed by atoms with Crippen LogP contribution in [0.1, 0.15) is 19.8 Å². The van der Waals surface area contributed by atoms with Crippen molar-refractivity contribution in [1.29, 1.82) is 0 Å². The summed E-state index contributed by atoms with van der Waals surface area (Å²) in [5.41, 5.74) is 0. The minimum Gasteiger partial charge on any atom is -0.490 e. The number of guanidine groups is 1. The van der Waals surface area contributed by atoms with Crippen LogP contribution in [0.5, 0.6) is 5.75 Å². The number of hydrogen-bond acceptors (Lipinski definition) is 4. The van der Waals surface area contributed by atoms with Gasteiger partial charge in [-0.3, -0.25) is 9.69 Å². The van der Waals surface area contributed by atoms with Gasteiger partial charge in [0.2, 0.25) is 5.91 Å². The van der Waals surface area contributed by atoms with Crippen LogP contribution in [-0.2, 0) is 4.79 Å². The van der Waals surface area contributed by atoms with E-state index in [1.54, 1.807) is 0 Å². The first-order valence-corrected chi connectivity index (χ1v) is 10.5. The van der Waals surface area contributed by atoms with Crippen molar-refractivity contribution in [2.75, 3.05) is 52.4 Å². The normalized spacial score (nSPS) is 18.1. The second-order valence-electron chi connectivity index (χ2n) is 7.12. The van der Waals surface area contributed by atoms with Crippen molar-refractivity contribution < 1.29 is 9.53 Å². The standard InChI is InChI=1S/C20H30ClN5O2/c1-2-22-20(23-9-14-28-18-6-4-3-5-17(18)21)26-12-10-25(11-13-26)15-19(27)24-16-7-8-16/h3-6,16H,2,7-15H2,1H3,(H,22,23)(H,24,27). The summed E-state index contributed by atoms with van der Waals surface area (Å²) in [7, 11) is 0. The summed E-state index contributed by atoms with van der Waals surface area (Å²) in [5.74, 6) is 1.73. The maximum Gasteiger partial charge on any atom is 0.234 e. The highest BCUT2D eigenvalue weighted by Crippen LogP contribution is 2.22. The van der Waals surface area contributed by atoms with Crippen LogP contribution in [0, 0.1) is 0 Å². The predicted molar refractivity (Wildman–Crippen MR) is 112 cm³/mol. The lowest BCUT2D eigenvalue weighted by molar-refractivity contribution is -0.122. The van der Waals surface area contributed by atoms with E-state index in [0.29, 0.717) is 36.5 Å². The van der Waals surface area contributed by atoms with Crippen LogP contribution in [0.25, 0.3) is 0 Å². The van der Waals surface area contributed by atoms with E-state index < -0.39 is 0 Å². The number of ether oxygens (including phenoxy) is 1. The summed E-state index contributed by atoms with van der Waals surface area (Å²) in [5, 5.41) is 7.01. The van der Waals surface area contributed by atoms with Crippen molar-refractivity contribution in [2.45, 2.75) is 25.8 Å². The van der Waals surface area contributed by atoms with Gasteiger partial charge >= 0.3 is 0 Å². The molecule has 1 aromatic rings. The van der Waals surface area contributed by atoms with Crippen molar-refractivity contribution in [3.05, 3.63) is 29.3 Å². The summed E-state index contributed by atoms with van der Waals surface area (Å²) in [6, 6.07) is 7.88. The number of carbonyl (C=O) groups is 1. The molecule has 1 saturated carbocycles. The lowest BCUT2D eigenvalue weighted by atomic mass is 10.3. The highest BCUT2D eigenvalue weighted by Gasteiger charge is 2.25. The number of nitrogens with zero attached hydrogens (tertiary/aromatic N) is 3. The zero-order valence-corrected chi connectivity index (χ0v) is 17.2. The van der Waals surface area contributed by atoms with Crippen LogP contribution < -0.4 is 15.4 Å². The maximum absolute atomic E-state index is 12.0. The molecule has 0 spiro atoms. The van der Waals surface area contributed by atoms with Crippen molar-refractivity contribution in [3.8, 4) is 5.75 Å². The first-order chi connectivity index (χ1) is 13.7. The molecule has 2 N–H and O–H groups in total. The van der Waals surface area contributed by atoms with Gasteiger partial charge in [0.1, 0.15) is 12.4 Å². The first kappa shape index (κ1) is 20.7. The van der Waals surface area contributed by atoms with Gasteiger partial charge < -0.3 is 20.3 Å². The van der Waals surface area contributed by atoms with E-state index in [1.807, 2.05) is 24.3 Å². The molecule has 1 amide bonds. The number of carbonyl (C=O) groups excluding carboxylic acids is 1. The molecule has 1 saturated heterocycles. The third-order valence-corrected chi connectivity index (χ3v) is 5.08. The van der Waals surface area contributed by atoms with E-state index in [2.05, 4.69) is 32.3 Å². The van der Waals surface area contributed by atoms with Crippen LogP contribution in [0.15, 0.2) is 29.3 Å². The molecular weight excluding hydrogens is 378 g/mol. The summed E-state index contributed by atoms with van der Waals surface area (Å²) in [4.78, 5) is 21.1. The Kier molecular flexibility index (Phi) is 7.80. The molecule has 1 aliphatic heterocycles. The SMILES string of the molecule is CCNC(=NCCOc1ccccc1Cl)N1CCN(CC(=O)NC2CC2)CC1. The Bertz CT molecular complexity index is 672. The van der Waals surface area contributed by atoms with Crippen molar-refractivity contribution in [1.82, 2.24) is 20.4 Å². The van der Waals surface area contributed by atoms with Crippen molar-refractivity contribution in [2.24, 2.45) is 4.99 Å². The Morgan fingerprint density at radius 1 is 1.25 bits per heavy atom. The fourth-order valence-corrected chi connectivity index (χ4v) is 3.31. The van der Waals surface area contributed by atoms with Gasteiger partial charge in [-0.25, -0.2) is 4.99 Å². The van der Waals surface area contributed by atoms with Crippen LogP contribution in [-0.4, -0.2) is 80.1 Å². The molecule has 154 valence electrons. The number of hydrogen-bond donors (Lipinski definition) is 2. The minimum atomic E-state index is 0.147. The molecule has 0 radical (unpaired) electrons. The maximum atomic E-state index is 12.0. The molecule has 1 aromatic carbocycles. The van der Waals surface area contributed by atoms with Gasteiger partial charge in [-0.05, 0) is 31.9 Å². The average molecular weight is 408 g/mol. The molecule has 7 nitrogen and oxygen atoms in total. The van der Waals surface area contributed by atoms with Gasteiger partial charge in [-0.1, -0.05) is 23.7 Å². The molecule has 0 unspecified atom stereocenters. The Hall–Kier alpha value is -1.99. The number of rotatable bonds is 8. The van der Waals surface area contributed by atoms with Crippen molar-refractivity contribution >= 4 is 23.5 Å². The Balaban J connectivity index is 1.42. The van der Waals surface area contributed by atoms with Crippen LogP contribution >= 0.6 is 11.6 Å². The number of para-hydroxylation sites is 1. The molecule has 3 rings (SSSR count). The number of nitrogens with one attached hydrogen (secondary N) is 2. The molecule has 1 heterocycles. The molecule has 0 atom stereocenters. The third kappa shape index (κ3) is 6.56. The van der Waals surface area contributed by atoms with E-state index in [1.165, 1.54) is 0 Å². The topological polar surface area (TPSA) is 69.2 Å². The summed E-state index contributed by atoms with van der Waals surface area (Å²) >= 11 is 6.10. The molecule has 8 heteroatoms. The largest absolute Gasteiger partial charge is 0.490 e. The highest BCUT2D eigenvalue weighted by atomic mass is 35.5. The lowest BCUT2D eigenvalue weighted by Gasteiger charge is -2.36. The second kappa shape index (κ2) is 10.5. The monoisotopic (exact) mass is 407 g/mol. The summed E-state index contributed by atoms with van der Waals surface area (Å²) < 4.78 is 5.71. The number of piperazine rings is 1. The third-order valence-electron chi connectivity index (χ3n) is 4.76. The van der Waals surface area contributed by atoms with Gasteiger partial charge in [-0.2, -0.15) is 0 Å². The Labute approximate surface area is 172 Å². The quantitative estimate of drug-likeness (QED) is 0.389. The van der Waals surface area contributed by atoms with E-state index in [4.69, 9.17) is 16.3 Å². The number of benzene rings is 1. The van der Waals surface area contributed by atoms with Crippen molar-refractivity contribution in [3.63, 3.8) is 0 Å². The molecule has 28 heavy (non-hydrogen) atoms. The number of halogens is 1. The van der Waals surface area contributed by atoms with E-state index in [9.17, 15) is 4.79 Å². The van der Waals surface area contributed by atoms with E-state index in [0.717, 1.165) is 51.5 Å². The predicted octanol–water partition coefficient (Wildman–Crippen LogP) is 1.58. The Morgan fingerprint density at radius 2 is 2.00 bits per heavy atom. The fourth-order valence-electron chi connectivity index (χ4n) is 3.12. The minimum absolute atomic E-state index is 0.147.